The van der Waals surface area contributed by atoms with E-state index in [1.807, 2.05) is 0 Å². The summed E-state index contributed by atoms with van der Waals surface area (Å²) in [6, 6.07) is 7.32. The monoisotopic (exact) mass is 400 g/mol. The number of fused-ring (bicyclic) bond motifs is 2. The maximum atomic E-state index is 13.2. The van der Waals surface area contributed by atoms with Crippen molar-refractivity contribution >= 4 is 28.0 Å². The highest BCUT2D eigenvalue weighted by atomic mass is 19.4. The van der Waals surface area contributed by atoms with E-state index in [2.05, 4.69) is 20.2 Å². The summed E-state index contributed by atoms with van der Waals surface area (Å²) < 4.78 is 41.1. The molecule has 10 heteroatoms. The number of benzene rings is 1. The molecule has 0 bridgehead atoms. The number of carbonyl (C=O) groups is 1. The average molecular weight is 400 g/mol. The molecule has 4 heterocycles. The third-order valence-corrected chi connectivity index (χ3v) is 5.06. The first-order valence-electron chi connectivity index (χ1n) is 9.11. The molecule has 0 saturated carbocycles. The number of aromatic amines is 1. The van der Waals surface area contributed by atoms with Gasteiger partial charge in [-0.1, -0.05) is 0 Å². The number of hydrogen-bond donors (Lipinski definition) is 1. The van der Waals surface area contributed by atoms with Gasteiger partial charge in [-0.25, -0.2) is 9.97 Å². The summed E-state index contributed by atoms with van der Waals surface area (Å²) in [6.45, 7) is 1.20. The van der Waals surface area contributed by atoms with Crippen LogP contribution in [0.5, 0.6) is 0 Å². The van der Waals surface area contributed by atoms with E-state index in [-0.39, 0.29) is 22.9 Å². The van der Waals surface area contributed by atoms with Gasteiger partial charge < -0.3 is 4.90 Å². The fourth-order valence-electron chi connectivity index (χ4n) is 3.63. The summed E-state index contributed by atoms with van der Waals surface area (Å²) >= 11 is 0. The van der Waals surface area contributed by atoms with E-state index in [1.165, 1.54) is 10.6 Å². The standard InChI is InChI=1S/C19H15F3N6O/c20-19(21,22)15-6-5-14-16(25-15)28(12-3-4-13-11(9-12)10-23-26-13)17(24-14)18(29)27-7-1-2-8-27/h3-6,9-10H,1-2,7-8H2,(H,23,26). The Labute approximate surface area is 162 Å². The van der Waals surface area contributed by atoms with Crippen molar-refractivity contribution in [1.82, 2.24) is 29.6 Å². The summed E-state index contributed by atoms with van der Waals surface area (Å²) in [5.74, 6) is -0.266. The zero-order valence-electron chi connectivity index (χ0n) is 15.1. The minimum atomic E-state index is -4.60. The molecule has 7 nitrogen and oxygen atoms in total. The Bertz CT molecular complexity index is 1240. The van der Waals surface area contributed by atoms with Crippen molar-refractivity contribution in [2.75, 3.05) is 13.1 Å². The molecule has 5 rings (SSSR count). The quantitative estimate of drug-likeness (QED) is 0.558. The molecule has 3 aromatic heterocycles. The van der Waals surface area contributed by atoms with Gasteiger partial charge in [0.05, 0.1) is 17.4 Å². The van der Waals surface area contributed by atoms with Gasteiger partial charge >= 0.3 is 6.18 Å². The summed E-state index contributed by atoms with van der Waals surface area (Å²) in [6.07, 6.45) is -1.21. The second-order valence-corrected chi connectivity index (χ2v) is 6.95. The Morgan fingerprint density at radius 1 is 1.07 bits per heavy atom. The molecule has 0 radical (unpaired) electrons. The van der Waals surface area contributed by atoms with Gasteiger partial charge in [-0.15, -0.1) is 0 Å². The molecule has 0 unspecified atom stereocenters. The number of imidazole rings is 1. The second-order valence-electron chi connectivity index (χ2n) is 6.95. The minimum absolute atomic E-state index is 0.00906. The highest BCUT2D eigenvalue weighted by molar-refractivity contribution is 5.96. The lowest BCUT2D eigenvalue weighted by atomic mass is 10.2. The van der Waals surface area contributed by atoms with E-state index < -0.39 is 11.9 Å². The van der Waals surface area contributed by atoms with Crippen molar-refractivity contribution in [3.63, 3.8) is 0 Å². The number of H-pyrrole nitrogens is 1. The smallest absolute Gasteiger partial charge is 0.336 e. The van der Waals surface area contributed by atoms with Crippen molar-refractivity contribution in [3.8, 4) is 5.69 Å². The first-order chi connectivity index (χ1) is 13.9. The lowest BCUT2D eigenvalue weighted by Gasteiger charge is -2.16. The zero-order valence-corrected chi connectivity index (χ0v) is 15.1. The number of carbonyl (C=O) groups excluding carboxylic acids is 1. The number of hydrogen-bond acceptors (Lipinski definition) is 4. The normalized spacial score (nSPS) is 14.9. The van der Waals surface area contributed by atoms with Gasteiger partial charge in [0.2, 0.25) is 5.82 Å². The van der Waals surface area contributed by atoms with Crippen LogP contribution >= 0.6 is 0 Å². The highest BCUT2D eigenvalue weighted by Crippen LogP contribution is 2.31. The number of likely N-dealkylation sites (tertiary alicyclic amines) is 1. The van der Waals surface area contributed by atoms with Crippen molar-refractivity contribution < 1.29 is 18.0 Å². The number of alkyl halides is 3. The maximum Gasteiger partial charge on any atom is 0.433 e. The fourth-order valence-corrected chi connectivity index (χ4v) is 3.63. The molecule has 1 fully saturated rings. The predicted octanol–water partition coefficient (Wildman–Crippen LogP) is 3.55. The van der Waals surface area contributed by atoms with Crippen LogP contribution in [-0.2, 0) is 6.18 Å². The number of halogens is 3. The third-order valence-electron chi connectivity index (χ3n) is 5.06. The molecular weight excluding hydrogens is 385 g/mol. The van der Waals surface area contributed by atoms with E-state index in [9.17, 15) is 18.0 Å². The molecule has 4 aromatic rings. The van der Waals surface area contributed by atoms with Gasteiger partial charge in [0.15, 0.2) is 5.65 Å². The molecule has 29 heavy (non-hydrogen) atoms. The molecule has 1 aliphatic rings. The SMILES string of the molecule is O=C(c1nc2ccc(C(F)(F)F)nc2n1-c1ccc2[nH]ncc2c1)N1CCCC1. The van der Waals surface area contributed by atoms with Crippen LogP contribution in [0.4, 0.5) is 13.2 Å². The summed E-state index contributed by atoms with van der Waals surface area (Å²) in [5.41, 5.74) is 0.457. The van der Waals surface area contributed by atoms with Crippen molar-refractivity contribution in [3.05, 3.63) is 48.0 Å². The van der Waals surface area contributed by atoms with E-state index in [0.29, 0.717) is 18.8 Å². The number of amides is 1. The first kappa shape index (κ1) is 17.7. The first-order valence-corrected chi connectivity index (χ1v) is 9.11. The van der Waals surface area contributed by atoms with Crippen LogP contribution in [0.2, 0.25) is 0 Å². The van der Waals surface area contributed by atoms with Crippen LogP contribution in [0.3, 0.4) is 0 Å². The van der Waals surface area contributed by atoms with Crippen LogP contribution in [0.25, 0.3) is 27.8 Å². The van der Waals surface area contributed by atoms with Gasteiger partial charge in [0.1, 0.15) is 11.2 Å². The Morgan fingerprint density at radius 3 is 2.62 bits per heavy atom. The number of aromatic nitrogens is 5. The second kappa shape index (κ2) is 6.29. The Hall–Kier alpha value is -3.43. The van der Waals surface area contributed by atoms with Crippen LogP contribution in [0.15, 0.2) is 36.5 Å². The predicted molar refractivity (Wildman–Crippen MR) is 98.7 cm³/mol. The van der Waals surface area contributed by atoms with E-state index in [0.717, 1.165) is 29.8 Å². The Kier molecular flexibility index (Phi) is 3.83. The maximum absolute atomic E-state index is 13.2. The van der Waals surface area contributed by atoms with Gasteiger partial charge in [-0.2, -0.15) is 18.3 Å². The van der Waals surface area contributed by atoms with Crippen LogP contribution < -0.4 is 0 Å². The molecule has 0 aliphatic carbocycles. The van der Waals surface area contributed by atoms with E-state index in [1.54, 1.807) is 29.3 Å². The van der Waals surface area contributed by atoms with Crippen molar-refractivity contribution in [2.45, 2.75) is 19.0 Å². The summed E-state index contributed by atoms with van der Waals surface area (Å²) in [7, 11) is 0. The molecule has 0 atom stereocenters. The number of pyridine rings is 1. The molecule has 1 aromatic carbocycles. The molecule has 1 amide bonds. The van der Waals surface area contributed by atoms with Crippen molar-refractivity contribution in [2.24, 2.45) is 0 Å². The summed E-state index contributed by atoms with van der Waals surface area (Å²) in [4.78, 5) is 22.9. The van der Waals surface area contributed by atoms with Crippen molar-refractivity contribution in [1.29, 1.82) is 0 Å². The van der Waals surface area contributed by atoms with Gasteiger partial charge in [-0.3, -0.25) is 14.5 Å². The van der Waals surface area contributed by atoms with Gasteiger partial charge in [0, 0.05) is 18.5 Å². The molecule has 1 N–H and O–H groups in total. The average Bonchev–Trinajstić information content (AvgIpc) is 3.44. The molecule has 0 spiro atoms. The number of nitrogens with zero attached hydrogens (tertiary/aromatic N) is 5. The Morgan fingerprint density at radius 2 is 1.86 bits per heavy atom. The van der Waals surface area contributed by atoms with Crippen LogP contribution in [0.1, 0.15) is 29.2 Å². The minimum Gasteiger partial charge on any atom is -0.336 e. The molecule has 148 valence electrons. The van der Waals surface area contributed by atoms with Crippen LogP contribution in [-0.4, -0.2) is 48.6 Å². The fraction of sp³-hybridized carbons (Fsp3) is 0.263. The lowest BCUT2D eigenvalue weighted by molar-refractivity contribution is -0.141. The lowest BCUT2D eigenvalue weighted by Crippen LogP contribution is -2.30. The van der Waals surface area contributed by atoms with Crippen LogP contribution in [0, 0.1) is 0 Å². The van der Waals surface area contributed by atoms with E-state index >= 15 is 0 Å². The van der Waals surface area contributed by atoms with Gasteiger partial charge in [0.25, 0.3) is 5.91 Å². The summed E-state index contributed by atoms with van der Waals surface area (Å²) in [5, 5.41) is 7.55. The Balaban J connectivity index is 1.76. The topological polar surface area (TPSA) is 79.7 Å². The molecule has 1 saturated heterocycles. The zero-order chi connectivity index (χ0) is 20.2. The highest BCUT2D eigenvalue weighted by Gasteiger charge is 2.34. The molecular formula is C19H15F3N6O. The molecule has 1 aliphatic heterocycles. The third kappa shape index (κ3) is 2.91. The number of rotatable bonds is 2. The van der Waals surface area contributed by atoms with Gasteiger partial charge in [-0.05, 0) is 43.2 Å². The number of nitrogens with one attached hydrogen (secondary N) is 1. The van der Waals surface area contributed by atoms with E-state index in [4.69, 9.17) is 0 Å². The largest absolute Gasteiger partial charge is 0.433 e.